The van der Waals surface area contributed by atoms with Crippen LogP contribution in [0.2, 0.25) is 0 Å². The van der Waals surface area contributed by atoms with Crippen LogP contribution in [-0.2, 0) is 9.53 Å². The van der Waals surface area contributed by atoms with Gasteiger partial charge in [-0.3, -0.25) is 4.79 Å². The molecule has 126 valence electrons. The number of carbonyl (C=O) groups is 1. The molecule has 0 aromatic carbocycles. The summed E-state index contributed by atoms with van der Waals surface area (Å²) in [5.74, 6) is 2.10. The molecule has 0 aromatic rings. The molecule has 0 rings (SSSR count). The van der Waals surface area contributed by atoms with E-state index in [1.54, 1.807) is 0 Å². The van der Waals surface area contributed by atoms with Crippen LogP contribution in [0.1, 0.15) is 92.9 Å². The Kier molecular flexibility index (Phi) is 11.8. The van der Waals surface area contributed by atoms with Crippen LogP contribution >= 0.6 is 0 Å². The Hall–Kier alpha value is -0.530. The molecule has 0 aliphatic carbocycles. The van der Waals surface area contributed by atoms with E-state index >= 15 is 0 Å². The van der Waals surface area contributed by atoms with Crippen molar-refractivity contribution in [3.63, 3.8) is 0 Å². The van der Waals surface area contributed by atoms with E-state index in [1.165, 1.54) is 38.5 Å². The van der Waals surface area contributed by atoms with Gasteiger partial charge in [0.25, 0.3) is 0 Å². The van der Waals surface area contributed by atoms with Gasteiger partial charge in [-0.25, -0.2) is 0 Å². The SMILES string of the molecule is CCC(=O)O[C@@H](C)[C@H](C)CCC[C@@H](C)CCC[C@@H](C)CC. The fourth-order valence-corrected chi connectivity index (χ4v) is 2.59. The van der Waals surface area contributed by atoms with E-state index in [9.17, 15) is 4.79 Å². The summed E-state index contributed by atoms with van der Waals surface area (Å²) >= 11 is 0. The van der Waals surface area contributed by atoms with Crippen LogP contribution in [0.5, 0.6) is 0 Å². The molecule has 2 nitrogen and oxygen atoms in total. The van der Waals surface area contributed by atoms with E-state index in [-0.39, 0.29) is 12.1 Å². The fourth-order valence-electron chi connectivity index (χ4n) is 2.59. The van der Waals surface area contributed by atoms with Gasteiger partial charge in [0.1, 0.15) is 6.10 Å². The van der Waals surface area contributed by atoms with E-state index in [2.05, 4.69) is 27.7 Å². The Balaban J connectivity index is 3.69. The molecular weight excluding hydrogens is 260 g/mol. The maximum absolute atomic E-state index is 11.3. The third-order valence-corrected chi connectivity index (χ3v) is 4.85. The summed E-state index contributed by atoms with van der Waals surface area (Å²) in [6.07, 6.45) is 9.66. The van der Waals surface area contributed by atoms with Crippen LogP contribution < -0.4 is 0 Å². The zero-order valence-corrected chi connectivity index (χ0v) is 15.3. The number of hydrogen-bond donors (Lipinski definition) is 0. The fraction of sp³-hybridized carbons (Fsp3) is 0.947. The summed E-state index contributed by atoms with van der Waals surface area (Å²) in [5, 5.41) is 0. The van der Waals surface area contributed by atoms with Gasteiger partial charge in [0.15, 0.2) is 0 Å². The summed E-state index contributed by atoms with van der Waals surface area (Å²) in [5.41, 5.74) is 0. The quantitative estimate of drug-likeness (QED) is 0.414. The van der Waals surface area contributed by atoms with Crippen molar-refractivity contribution in [3.8, 4) is 0 Å². The normalized spacial score (nSPS) is 17.0. The van der Waals surface area contributed by atoms with Crippen molar-refractivity contribution in [2.75, 3.05) is 0 Å². The molecule has 4 atom stereocenters. The van der Waals surface area contributed by atoms with Gasteiger partial charge in [0, 0.05) is 6.42 Å². The van der Waals surface area contributed by atoms with E-state index in [1.807, 2.05) is 13.8 Å². The molecule has 0 saturated heterocycles. The van der Waals surface area contributed by atoms with Gasteiger partial charge in [-0.1, -0.05) is 73.1 Å². The van der Waals surface area contributed by atoms with E-state index in [0.29, 0.717) is 12.3 Å². The summed E-state index contributed by atoms with van der Waals surface area (Å²) in [6, 6.07) is 0. The van der Waals surface area contributed by atoms with Crippen molar-refractivity contribution < 1.29 is 9.53 Å². The Bertz CT molecular complexity index is 262. The highest BCUT2D eigenvalue weighted by molar-refractivity contribution is 5.69. The summed E-state index contributed by atoms with van der Waals surface area (Å²) < 4.78 is 5.38. The number of carbonyl (C=O) groups excluding carboxylic acids is 1. The predicted molar refractivity (Wildman–Crippen MR) is 91.3 cm³/mol. The van der Waals surface area contributed by atoms with Crippen molar-refractivity contribution in [1.82, 2.24) is 0 Å². The second kappa shape index (κ2) is 12.1. The standard InChI is InChI=1S/C19H38O2/c1-7-15(3)11-9-12-16(4)13-10-14-17(5)18(6)21-19(20)8-2/h15-18H,7-14H2,1-6H3/t15-,16-,17+,18-/m0/s1. The third kappa shape index (κ3) is 10.8. The maximum atomic E-state index is 11.3. The first-order valence-corrected chi connectivity index (χ1v) is 9.10. The monoisotopic (exact) mass is 298 g/mol. The Labute approximate surface area is 133 Å². The first-order chi connectivity index (χ1) is 9.90. The van der Waals surface area contributed by atoms with Gasteiger partial charge < -0.3 is 4.74 Å². The molecule has 0 N–H and O–H groups in total. The number of esters is 1. The van der Waals surface area contributed by atoms with Crippen LogP contribution in [0, 0.1) is 17.8 Å². The minimum Gasteiger partial charge on any atom is -0.462 e. The van der Waals surface area contributed by atoms with Crippen molar-refractivity contribution in [2.24, 2.45) is 17.8 Å². The second-order valence-electron chi connectivity index (χ2n) is 7.01. The second-order valence-corrected chi connectivity index (χ2v) is 7.01. The van der Waals surface area contributed by atoms with Crippen LogP contribution in [0.25, 0.3) is 0 Å². The lowest BCUT2D eigenvalue weighted by Gasteiger charge is -2.21. The van der Waals surface area contributed by atoms with Crippen molar-refractivity contribution >= 4 is 5.97 Å². The summed E-state index contributed by atoms with van der Waals surface area (Å²) in [6.45, 7) is 13.1. The highest BCUT2D eigenvalue weighted by atomic mass is 16.5. The van der Waals surface area contributed by atoms with E-state index in [4.69, 9.17) is 4.74 Å². The van der Waals surface area contributed by atoms with Crippen LogP contribution in [0.15, 0.2) is 0 Å². The van der Waals surface area contributed by atoms with Gasteiger partial charge in [-0.2, -0.15) is 0 Å². The van der Waals surface area contributed by atoms with Gasteiger partial charge in [0.2, 0.25) is 0 Å². The Morgan fingerprint density at radius 2 is 1.38 bits per heavy atom. The Morgan fingerprint density at radius 1 is 0.857 bits per heavy atom. The van der Waals surface area contributed by atoms with Gasteiger partial charge in [-0.15, -0.1) is 0 Å². The average molecular weight is 299 g/mol. The summed E-state index contributed by atoms with van der Waals surface area (Å²) in [4.78, 5) is 11.3. The zero-order valence-electron chi connectivity index (χ0n) is 15.3. The molecule has 0 spiro atoms. The molecule has 2 heteroatoms. The first kappa shape index (κ1) is 20.5. The number of rotatable bonds is 12. The molecule has 0 bridgehead atoms. The maximum Gasteiger partial charge on any atom is 0.305 e. The van der Waals surface area contributed by atoms with Crippen LogP contribution in [-0.4, -0.2) is 12.1 Å². The molecule has 0 heterocycles. The first-order valence-electron chi connectivity index (χ1n) is 9.10. The van der Waals surface area contributed by atoms with E-state index in [0.717, 1.165) is 18.3 Å². The lowest BCUT2D eigenvalue weighted by molar-refractivity contribution is -0.150. The topological polar surface area (TPSA) is 26.3 Å². The molecule has 0 unspecified atom stereocenters. The molecule has 0 amide bonds. The van der Waals surface area contributed by atoms with Crippen molar-refractivity contribution in [3.05, 3.63) is 0 Å². The largest absolute Gasteiger partial charge is 0.462 e. The molecule has 0 aromatic heterocycles. The van der Waals surface area contributed by atoms with Crippen LogP contribution in [0.4, 0.5) is 0 Å². The predicted octanol–water partition coefficient (Wildman–Crippen LogP) is 5.99. The van der Waals surface area contributed by atoms with Crippen LogP contribution in [0.3, 0.4) is 0 Å². The molecule has 21 heavy (non-hydrogen) atoms. The van der Waals surface area contributed by atoms with Gasteiger partial charge in [-0.05, 0) is 31.1 Å². The average Bonchev–Trinajstić information content (AvgIpc) is 2.46. The van der Waals surface area contributed by atoms with E-state index < -0.39 is 0 Å². The van der Waals surface area contributed by atoms with Gasteiger partial charge in [0.05, 0.1) is 0 Å². The molecule has 0 aliphatic rings. The third-order valence-electron chi connectivity index (χ3n) is 4.85. The van der Waals surface area contributed by atoms with Crippen molar-refractivity contribution in [2.45, 2.75) is 99.0 Å². The number of hydrogen-bond acceptors (Lipinski definition) is 2. The Morgan fingerprint density at radius 3 is 1.90 bits per heavy atom. The molecule has 0 radical (unpaired) electrons. The lowest BCUT2D eigenvalue weighted by atomic mass is 9.91. The molecular formula is C19H38O2. The zero-order chi connectivity index (χ0) is 16.3. The van der Waals surface area contributed by atoms with Gasteiger partial charge >= 0.3 is 5.97 Å². The highest BCUT2D eigenvalue weighted by Gasteiger charge is 2.16. The minimum absolute atomic E-state index is 0.0539. The summed E-state index contributed by atoms with van der Waals surface area (Å²) in [7, 11) is 0. The van der Waals surface area contributed by atoms with Crippen molar-refractivity contribution in [1.29, 1.82) is 0 Å². The minimum atomic E-state index is -0.0761. The number of ether oxygens (including phenoxy) is 1. The lowest BCUT2D eigenvalue weighted by Crippen LogP contribution is -2.21. The highest BCUT2D eigenvalue weighted by Crippen LogP contribution is 2.22. The smallest absolute Gasteiger partial charge is 0.305 e. The molecule has 0 aliphatic heterocycles. The molecule has 0 fully saturated rings. The molecule has 0 saturated carbocycles.